The molecule has 0 aliphatic carbocycles. The fourth-order valence-electron chi connectivity index (χ4n) is 3.71. The predicted octanol–water partition coefficient (Wildman–Crippen LogP) is 5.22. The first-order chi connectivity index (χ1) is 14.2. The molecule has 0 bridgehead atoms. The third-order valence-electron chi connectivity index (χ3n) is 5.26. The van der Waals surface area contributed by atoms with E-state index in [1.807, 2.05) is 48.5 Å². The number of rotatable bonds is 5. The highest BCUT2D eigenvalue weighted by Gasteiger charge is 2.36. The van der Waals surface area contributed by atoms with Crippen molar-refractivity contribution in [1.82, 2.24) is 4.90 Å². The third kappa shape index (κ3) is 4.54. The summed E-state index contributed by atoms with van der Waals surface area (Å²) in [5.41, 5.74) is 4.32. The van der Waals surface area contributed by atoms with Crippen molar-refractivity contribution in [3.63, 3.8) is 0 Å². The quantitative estimate of drug-likeness (QED) is 0.605. The second-order valence-corrected chi connectivity index (χ2v) is 7.26. The monoisotopic (exact) mass is 385 g/mol. The fraction of sp³-hybridized carbons (Fsp3) is 0.200. The molecule has 4 rings (SSSR count). The van der Waals surface area contributed by atoms with Gasteiger partial charge in [0.2, 0.25) is 5.91 Å². The van der Waals surface area contributed by atoms with Gasteiger partial charge in [-0.2, -0.15) is 0 Å². The average molecular weight is 385 g/mol. The van der Waals surface area contributed by atoms with E-state index in [1.54, 1.807) is 0 Å². The van der Waals surface area contributed by atoms with E-state index in [9.17, 15) is 9.59 Å². The van der Waals surface area contributed by atoms with Crippen LogP contribution in [0.2, 0.25) is 0 Å². The van der Waals surface area contributed by atoms with Crippen molar-refractivity contribution in [3.05, 3.63) is 96.1 Å². The molecule has 2 amide bonds. The van der Waals surface area contributed by atoms with Crippen LogP contribution in [0.3, 0.4) is 0 Å². The maximum Gasteiger partial charge on any atom is 0.417 e. The van der Waals surface area contributed by atoms with E-state index in [1.165, 1.54) is 10.5 Å². The average Bonchev–Trinajstić information content (AvgIpc) is 3.14. The molecule has 1 atom stereocenters. The van der Waals surface area contributed by atoms with E-state index in [0.717, 1.165) is 16.7 Å². The summed E-state index contributed by atoms with van der Waals surface area (Å²) in [5, 5.41) is 0. The molecule has 1 unspecified atom stereocenters. The molecular formula is C25H23NO3. The standard InChI is InChI=1S/C25H23NO3/c27-24-16-15-23(26(24)25(28)29-18-20-7-3-1-4-8-20)17-19-11-13-22(14-12-19)21-9-5-2-6-10-21/h1-14,23H,15-18H2. The van der Waals surface area contributed by atoms with Gasteiger partial charge in [0.1, 0.15) is 6.61 Å². The van der Waals surface area contributed by atoms with E-state index < -0.39 is 6.09 Å². The minimum atomic E-state index is -0.553. The van der Waals surface area contributed by atoms with Crippen LogP contribution in [0.25, 0.3) is 11.1 Å². The van der Waals surface area contributed by atoms with Crippen molar-refractivity contribution in [2.75, 3.05) is 0 Å². The molecule has 1 heterocycles. The summed E-state index contributed by atoms with van der Waals surface area (Å²) in [6, 6.07) is 27.8. The van der Waals surface area contributed by atoms with Gasteiger partial charge in [-0.25, -0.2) is 9.69 Å². The zero-order valence-electron chi connectivity index (χ0n) is 16.2. The number of hydrogen-bond donors (Lipinski definition) is 0. The smallest absolute Gasteiger partial charge is 0.417 e. The molecule has 4 heteroatoms. The summed E-state index contributed by atoms with van der Waals surface area (Å²) in [6.07, 6.45) is 1.14. The van der Waals surface area contributed by atoms with E-state index >= 15 is 0 Å². The molecule has 1 saturated heterocycles. The van der Waals surface area contributed by atoms with Crippen LogP contribution < -0.4 is 0 Å². The molecule has 0 aromatic heterocycles. The highest BCUT2D eigenvalue weighted by atomic mass is 16.6. The summed E-state index contributed by atoms with van der Waals surface area (Å²) < 4.78 is 5.39. The van der Waals surface area contributed by atoms with Crippen molar-refractivity contribution in [1.29, 1.82) is 0 Å². The lowest BCUT2D eigenvalue weighted by molar-refractivity contribution is -0.127. The van der Waals surface area contributed by atoms with Gasteiger partial charge in [0.05, 0.1) is 0 Å². The van der Waals surface area contributed by atoms with E-state index in [0.29, 0.717) is 19.3 Å². The number of nitrogens with zero attached hydrogens (tertiary/aromatic N) is 1. The molecule has 1 aliphatic heterocycles. The first-order valence-electron chi connectivity index (χ1n) is 9.88. The van der Waals surface area contributed by atoms with E-state index in [2.05, 4.69) is 36.4 Å². The topological polar surface area (TPSA) is 46.6 Å². The van der Waals surface area contributed by atoms with Gasteiger partial charge in [-0.15, -0.1) is 0 Å². The Morgan fingerprint density at radius 1 is 0.828 bits per heavy atom. The second-order valence-electron chi connectivity index (χ2n) is 7.26. The SMILES string of the molecule is O=C1CCC(Cc2ccc(-c3ccccc3)cc2)N1C(=O)OCc1ccccc1. The van der Waals surface area contributed by atoms with Gasteiger partial charge in [0, 0.05) is 12.5 Å². The molecule has 1 fully saturated rings. The van der Waals surface area contributed by atoms with E-state index in [-0.39, 0.29) is 18.6 Å². The van der Waals surface area contributed by atoms with Crippen LogP contribution in [0, 0.1) is 0 Å². The Labute approximate surface area is 170 Å². The molecule has 0 radical (unpaired) electrons. The predicted molar refractivity (Wildman–Crippen MR) is 112 cm³/mol. The number of ether oxygens (including phenoxy) is 1. The Hall–Kier alpha value is -3.40. The highest BCUT2D eigenvalue weighted by Crippen LogP contribution is 2.25. The minimum Gasteiger partial charge on any atom is -0.444 e. The van der Waals surface area contributed by atoms with Crippen LogP contribution in [0.4, 0.5) is 4.79 Å². The summed E-state index contributed by atoms with van der Waals surface area (Å²) in [6.45, 7) is 0.169. The number of benzene rings is 3. The lowest BCUT2D eigenvalue weighted by Gasteiger charge is -2.22. The van der Waals surface area contributed by atoms with Crippen LogP contribution in [-0.2, 0) is 22.6 Å². The number of amides is 2. The number of imide groups is 1. The largest absolute Gasteiger partial charge is 0.444 e. The van der Waals surface area contributed by atoms with Gasteiger partial charge in [-0.1, -0.05) is 84.9 Å². The number of hydrogen-bond acceptors (Lipinski definition) is 3. The fourth-order valence-corrected chi connectivity index (χ4v) is 3.71. The van der Waals surface area contributed by atoms with Gasteiger partial charge >= 0.3 is 6.09 Å². The maximum atomic E-state index is 12.6. The molecule has 1 aliphatic rings. The first kappa shape index (κ1) is 18.9. The summed E-state index contributed by atoms with van der Waals surface area (Å²) in [5.74, 6) is -0.158. The van der Waals surface area contributed by atoms with Crippen molar-refractivity contribution in [3.8, 4) is 11.1 Å². The van der Waals surface area contributed by atoms with Crippen LogP contribution in [0.15, 0.2) is 84.9 Å². The van der Waals surface area contributed by atoms with Gasteiger partial charge < -0.3 is 4.74 Å². The minimum absolute atomic E-state index is 0.158. The van der Waals surface area contributed by atoms with Crippen LogP contribution >= 0.6 is 0 Å². The second kappa shape index (κ2) is 8.74. The van der Waals surface area contributed by atoms with Crippen LogP contribution in [-0.4, -0.2) is 22.9 Å². The highest BCUT2D eigenvalue weighted by molar-refractivity contribution is 5.94. The molecule has 0 N–H and O–H groups in total. The Morgan fingerprint density at radius 2 is 1.45 bits per heavy atom. The Balaban J connectivity index is 1.40. The molecule has 0 spiro atoms. The Morgan fingerprint density at radius 3 is 2.14 bits per heavy atom. The molecule has 3 aromatic carbocycles. The lowest BCUT2D eigenvalue weighted by atomic mass is 10.00. The first-order valence-corrected chi connectivity index (χ1v) is 9.88. The number of carbonyl (C=O) groups is 2. The molecule has 29 heavy (non-hydrogen) atoms. The molecule has 4 nitrogen and oxygen atoms in total. The van der Waals surface area contributed by atoms with Gasteiger partial charge in [0.15, 0.2) is 0 Å². The molecule has 3 aromatic rings. The summed E-state index contributed by atoms with van der Waals surface area (Å²) >= 11 is 0. The van der Waals surface area contributed by atoms with Crippen molar-refractivity contribution in [2.24, 2.45) is 0 Å². The lowest BCUT2D eigenvalue weighted by Crippen LogP contribution is -2.40. The Bertz CT molecular complexity index is 968. The summed E-state index contributed by atoms with van der Waals surface area (Å²) in [7, 11) is 0. The Kier molecular flexibility index (Phi) is 5.71. The van der Waals surface area contributed by atoms with Crippen molar-refractivity contribution >= 4 is 12.0 Å². The number of carbonyl (C=O) groups excluding carboxylic acids is 2. The third-order valence-corrected chi connectivity index (χ3v) is 5.26. The zero-order valence-corrected chi connectivity index (χ0v) is 16.2. The van der Waals surface area contributed by atoms with Crippen molar-refractivity contribution < 1.29 is 14.3 Å². The maximum absolute atomic E-state index is 12.6. The van der Waals surface area contributed by atoms with Crippen molar-refractivity contribution in [2.45, 2.75) is 31.9 Å². The normalized spacial score (nSPS) is 16.1. The zero-order chi connectivity index (χ0) is 20.1. The van der Waals surface area contributed by atoms with Gasteiger partial charge in [-0.3, -0.25) is 4.79 Å². The molecular weight excluding hydrogens is 362 g/mol. The van der Waals surface area contributed by atoms with E-state index in [4.69, 9.17) is 4.74 Å². The van der Waals surface area contributed by atoms with Gasteiger partial charge in [0.25, 0.3) is 0 Å². The number of likely N-dealkylation sites (tertiary alicyclic amines) is 1. The molecule has 146 valence electrons. The molecule has 0 saturated carbocycles. The van der Waals surface area contributed by atoms with Crippen LogP contribution in [0.1, 0.15) is 24.0 Å². The summed E-state index contributed by atoms with van der Waals surface area (Å²) in [4.78, 5) is 26.1. The van der Waals surface area contributed by atoms with Crippen LogP contribution in [0.5, 0.6) is 0 Å². The van der Waals surface area contributed by atoms with Gasteiger partial charge in [-0.05, 0) is 35.1 Å².